The number of carboxylic acids is 1. The van der Waals surface area contributed by atoms with Gasteiger partial charge in [-0.1, -0.05) is 13.8 Å². The number of likely N-dealkylation sites (N-methyl/N-ethyl adjacent to an activating group) is 1. The van der Waals surface area contributed by atoms with Crippen LogP contribution in [0.2, 0.25) is 0 Å². The van der Waals surface area contributed by atoms with Crippen LogP contribution in [0.4, 0.5) is 4.79 Å². The highest BCUT2D eigenvalue weighted by Crippen LogP contribution is 2.17. The molecule has 0 saturated carbocycles. The number of hydrogen-bond acceptors (Lipinski definition) is 3. The number of carbonyl (C=O) groups is 2. The van der Waals surface area contributed by atoms with Gasteiger partial charge in [-0.2, -0.15) is 0 Å². The molecular formula is C15H29N3O3. The number of piperidine rings is 1. The lowest BCUT2D eigenvalue weighted by atomic mass is 9.98. The van der Waals surface area contributed by atoms with Crippen LogP contribution in [0.3, 0.4) is 0 Å². The summed E-state index contributed by atoms with van der Waals surface area (Å²) in [5, 5.41) is 12.2. The summed E-state index contributed by atoms with van der Waals surface area (Å²) in [6, 6.07) is -0.0360. The summed E-state index contributed by atoms with van der Waals surface area (Å²) >= 11 is 0. The van der Waals surface area contributed by atoms with Crippen LogP contribution in [0.15, 0.2) is 0 Å². The van der Waals surface area contributed by atoms with Crippen molar-refractivity contribution in [1.82, 2.24) is 15.1 Å². The smallest absolute Gasteiger partial charge is 0.317 e. The molecule has 0 radical (unpaired) electrons. The number of urea groups is 1. The first-order valence-electron chi connectivity index (χ1n) is 7.72. The molecule has 122 valence electrons. The highest BCUT2D eigenvalue weighted by atomic mass is 16.4. The first-order chi connectivity index (χ1) is 9.79. The number of hydrogen-bond donors (Lipinski definition) is 2. The summed E-state index contributed by atoms with van der Waals surface area (Å²) < 4.78 is 0. The lowest BCUT2D eigenvalue weighted by Gasteiger charge is -2.33. The third-order valence-corrected chi connectivity index (χ3v) is 3.73. The second-order valence-corrected chi connectivity index (χ2v) is 6.66. The third-order valence-electron chi connectivity index (χ3n) is 3.73. The number of carboxylic acid groups (broad SMARTS) is 1. The Labute approximate surface area is 127 Å². The van der Waals surface area contributed by atoms with E-state index in [2.05, 4.69) is 24.1 Å². The number of likely N-dealkylation sites (tertiary alicyclic amines) is 1. The zero-order valence-electron chi connectivity index (χ0n) is 13.6. The van der Waals surface area contributed by atoms with Gasteiger partial charge < -0.3 is 20.2 Å². The summed E-state index contributed by atoms with van der Waals surface area (Å²) in [5.74, 6) is -0.732. The number of nitrogens with one attached hydrogen (secondary N) is 1. The van der Waals surface area contributed by atoms with Gasteiger partial charge in [0.25, 0.3) is 0 Å². The van der Waals surface area contributed by atoms with Crippen molar-refractivity contribution in [2.45, 2.75) is 39.2 Å². The number of amides is 2. The monoisotopic (exact) mass is 299 g/mol. The second-order valence-electron chi connectivity index (χ2n) is 6.66. The van der Waals surface area contributed by atoms with E-state index in [0.29, 0.717) is 25.4 Å². The molecule has 0 bridgehead atoms. The molecule has 0 aromatic heterocycles. The van der Waals surface area contributed by atoms with Gasteiger partial charge in [0.1, 0.15) is 0 Å². The fourth-order valence-corrected chi connectivity index (χ4v) is 2.82. The topological polar surface area (TPSA) is 72.9 Å². The molecule has 1 heterocycles. The maximum Gasteiger partial charge on any atom is 0.317 e. The van der Waals surface area contributed by atoms with Crippen LogP contribution in [-0.2, 0) is 4.79 Å². The summed E-state index contributed by atoms with van der Waals surface area (Å²) in [6.45, 7) is 6.02. The standard InChI is InChI=1S/C15H29N3O3/c1-11(2)8-13(10-17(3)4)16-15(21)18-7-5-6-12(9-18)14(19)20/h11-13H,5-10H2,1-4H3,(H,16,21)(H,19,20)/t12-,13?/m0/s1. The van der Waals surface area contributed by atoms with E-state index in [1.54, 1.807) is 4.90 Å². The van der Waals surface area contributed by atoms with Crippen molar-refractivity contribution in [2.75, 3.05) is 33.7 Å². The molecular weight excluding hydrogens is 270 g/mol. The van der Waals surface area contributed by atoms with Crippen LogP contribution in [0.25, 0.3) is 0 Å². The van der Waals surface area contributed by atoms with E-state index in [1.165, 1.54) is 0 Å². The number of nitrogens with zero attached hydrogens (tertiary/aromatic N) is 2. The van der Waals surface area contributed by atoms with Crippen LogP contribution in [0.5, 0.6) is 0 Å². The fourth-order valence-electron chi connectivity index (χ4n) is 2.82. The maximum atomic E-state index is 12.3. The van der Waals surface area contributed by atoms with E-state index < -0.39 is 11.9 Å². The van der Waals surface area contributed by atoms with Gasteiger partial charge in [-0.25, -0.2) is 4.79 Å². The second kappa shape index (κ2) is 8.22. The molecule has 0 aliphatic carbocycles. The van der Waals surface area contributed by atoms with Gasteiger partial charge in [0.15, 0.2) is 0 Å². The van der Waals surface area contributed by atoms with Crippen LogP contribution in [-0.4, -0.2) is 66.7 Å². The van der Waals surface area contributed by atoms with Gasteiger partial charge in [-0.3, -0.25) is 4.79 Å². The van der Waals surface area contributed by atoms with Crippen molar-refractivity contribution in [2.24, 2.45) is 11.8 Å². The van der Waals surface area contributed by atoms with Gasteiger partial charge in [-0.05, 0) is 39.3 Å². The molecule has 2 atom stereocenters. The van der Waals surface area contributed by atoms with E-state index in [0.717, 1.165) is 19.4 Å². The highest BCUT2D eigenvalue weighted by Gasteiger charge is 2.29. The predicted octanol–water partition coefficient (Wildman–Crippen LogP) is 1.47. The number of carbonyl (C=O) groups excluding carboxylic acids is 1. The van der Waals surface area contributed by atoms with Crippen molar-refractivity contribution in [3.8, 4) is 0 Å². The minimum Gasteiger partial charge on any atom is -0.481 e. The minimum absolute atomic E-state index is 0.0951. The van der Waals surface area contributed by atoms with Gasteiger partial charge in [0.2, 0.25) is 0 Å². The van der Waals surface area contributed by atoms with Gasteiger partial charge in [0.05, 0.1) is 5.92 Å². The minimum atomic E-state index is -0.806. The summed E-state index contributed by atoms with van der Waals surface area (Å²) in [6.07, 6.45) is 2.33. The average Bonchev–Trinajstić information content (AvgIpc) is 2.37. The Kier molecular flexibility index (Phi) is 6.95. The molecule has 6 nitrogen and oxygen atoms in total. The van der Waals surface area contributed by atoms with Crippen LogP contribution in [0, 0.1) is 11.8 Å². The summed E-state index contributed by atoms with van der Waals surface area (Å²) in [4.78, 5) is 27.1. The third kappa shape index (κ3) is 6.33. The quantitative estimate of drug-likeness (QED) is 0.779. The van der Waals surface area contributed by atoms with Gasteiger partial charge >= 0.3 is 12.0 Å². The Hall–Kier alpha value is -1.30. The molecule has 0 aromatic carbocycles. The van der Waals surface area contributed by atoms with Crippen LogP contribution in [0.1, 0.15) is 33.1 Å². The molecule has 1 saturated heterocycles. The maximum absolute atomic E-state index is 12.3. The molecule has 1 aliphatic rings. The largest absolute Gasteiger partial charge is 0.481 e. The summed E-state index contributed by atoms with van der Waals surface area (Å²) in [7, 11) is 3.97. The van der Waals surface area contributed by atoms with E-state index in [9.17, 15) is 9.59 Å². The van der Waals surface area contributed by atoms with Crippen molar-refractivity contribution < 1.29 is 14.7 Å². The molecule has 21 heavy (non-hydrogen) atoms. The molecule has 1 fully saturated rings. The first-order valence-corrected chi connectivity index (χ1v) is 7.72. The molecule has 1 aliphatic heterocycles. The fraction of sp³-hybridized carbons (Fsp3) is 0.867. The first kappa shape index (κ1) is 17.8. The van der Waals surface area contributed by atoms with Crippen molar-refractivity contribution in [3.63, 3.8) is 0 Å². The van der Waals surface area contributed by atoms with E-state index in [4.69, 9.17) is 5.11 Å². The molecule has 6 heteroatoms. The van der Waals surface area contributed by atoms with E-state index in [-0.39, 0.29) is 12.1 Å². The van der Waals surface area contributed by atoms with Crippen molar-refractivity contribution in [1.29, 1.82) is 0 Å². The molecule has 0 spiro atoms. The Morgan fingerprint density at radius 3 is 2.57 bits per heavy atom. The SMILES string of the molecule is CC(C)CC(CN(C)C)NC(=O)N1CCC[C@H](C(=O)O)C1. The zero-order valence-corrected chi connectivity index (χ0v) is 13.6. The summed E-state index contributed by atoms with van der Waals surface area (Å²) in [5.41, 5.74) is 0. The van der Waals surface area contributed by atoms with E-state index >= 15 is 0 Å². The Balaban J connectivity index is 2.57. The predicted molar refractivity (Wildman–Crippen MR) is 82.3 cm³/mol. The molecule has 2 N–H and O–H groups in total. The lowest BCUT2D eigenvalue weighted by Crippen LogP contribution is -2.52. The lowest BCUT2D eigenvalue weighted by molar-refractivity contribution is -0.143. The number of aliphatic carboxylic acids is 1. The number of rotatable bonds is 6. The van der Waals surface area contributed by atoms with Crippen LogP contribution < -0.4 is 5.32 Å². The Morgan fingerprint density at radius 1 is 1.38 bits per heavy atom. The molecule has 1 unspecified atom stereocenters. The molecule has 0 aromatic rings. The van der Waals surface area contributed by atoms with E-state index in [1.807, 2.05) is 14.1 Å². The van der Waals surface area contributed by atoms with Gasteiger partial charge in [0, 0.05) is 25.7 Å². The molecule has 2 amide bonds. The molecule has 1 rings (SSSR count). The highest BCUT2D eigenvalue weighted by molar-refractivity contribution is 5.76. The van der Waals surface area contributed by atoms with Crippen molar-refractivity contribution >= 4 is 12.0 Å². The zero-order chi connectivity index (χ0) is 16.0. The Morgan fingerprint density at radius 2 is 2.05 bits per heavy atom. The Bertz CT molecular complexity index is 348. The normalized spacial score (nSPS) is 20.7. The average molecular weight is 299 g/mol. The van der Waals surface area contributed by atoms with Crippen molar-refractivity contribution in [3.05, 3.63) is 0 Å². The van der Waals surface area contributed by atoms with Gasteiger partial charge in [-0.15, -0.1) is 0 Å². The van der Waals surface area contributed by atoms with Crippen LogP contribution >= 0.6 is 0 Å².